The topological polar surface area (TPSA) is 64.7 Å². The zero-order valence-corrected chi connectivity index (χ0v) is 17.6. The molecule has 2 heterocycles. The van der Waals surface area contributed by atoms with E-state index in [2.05, 4.69) is 15.5 Å². The van der Waals surface area contributed by atoms with Gasteiger partial charge in [-0.3, -0.25) is 14.5 Å². The SMILES string of the molecule is CNCCC1CCN(CC(=O)NCc2ccc(N3CCCC3=O)cc2)CC1.Cl. The maximum atomic E-state index is 12.2. The van der Waals surface area contributed by atoms with E-state index >= 15 is 0 Å². The quantitative estimate of drug-likeness (QED) is 0.692. The minimum absolute atomic E-state index is 0. The Hall–Kier alpha value is -1.63. The summed E-state index contributed by atoms with van der Waals surface area (Å²) in [5.74, 6) is 1.08. The number of halogens is 1. The van der Waals surface area contributed by atoms with Crippen molar-refractivity contribution < 1.29 is 9.59 Å². The van der Waals surface area contributed by atoms with Gasteiger partial charge < -0.3 is 15.5 Å². The van der Waals surface area contributed by atoms with Crippen LogP contribution in [0, 0.1) is 5.92 Å². The van der Waals surface area contributed by atoms with Gasteiger partial charge in [0.2, 0.25) is 11.8 Å². The molecule has 0 radical (unpaired) electrons. The molecule has 0 bridgehead atoms. The molecule has 2 N–H and O–H groups in total. The second-order valence-corrected chi connectivity index (χ2v) is 7.70. The number of rotatable bonds is 8. The largest absolute Gasteiger partial charge is 0.351 e. The lowest BCUT2D eigenvalue weighted by atomic mass is 9.93. The Balaban J connectivity index is 0.00000280. The van der Waals surface area contributed by atoms with Crippen LogP contribution in [-0.4, -0.2) is 56.5 Å². The highest BCUT2D eigenvalue weighted by atomic mass is 35.5. The van der Waals surface area contributed by atoms with Crippen LogP contribution in [0.4, 0.5) is 5.69 Å². The fraction of sp³-hybridized carbons (Fsp3) is 0.619. The Morgan fingerprint density at radius 3 is 2.46 bits per heavy atom. The van der Waals surface area contributed by atoms with Crippen molar-refractivity contribution in [1.82, 2.24) is 15.5 Å². The first-order valence-electron chi connectivity index (χ1n) is 10.2. The van der Waals surface area contributed by atoms with Gasteiger partial charge in [0, 0.05) is 25.2 Å². The van der Waals surface area contributed by atoms with Crippen LogP contribution in [-0.2, 0) is 16.1 Å². The van der Waals surface area contributed by atoms with E-state index in [1.165, 1.54) is 19.3 Å². The molecule has 7 heteroatoms. The first-order chi connectivity index (χ1) is 13.2. The van der Waals surface area contributed by atoms with Crippen LogP contribution >= 0.6 is 12.4 Å². The summed E-state index contributed by atoms with van der Waals surface area (Å²) in [6.45, 7) is 4.93. The number of carbonyl (C=O) groups excluding carboxylic acids is 2. The molecular formula is C21H33ClN4O2. The third-order valence-electron chi connectivity index (χ3n) is 5.69. The molecule has 0 atom stereocenters. The number of likely N-dealkylation sites (tertiary alicyclic amines) is 1. The van der Waals surface area contributed by atoms with Crippen LogP contribution in [0.5, 0.6) is 0 Å². The lowest BCUT2D eigenvalue weighted by molar-refractivity contribution is -0.122. The molecule has 156 valence electrons. The Morgan fingerprint density at radius 2 is 1.86 bits per heavy atom. The predicted octanol–water partition coefficient (Wildman–Crippen LogP) is 2.17. The van der Waals surface area contributed by atoms with Crippen LogP contribution in [0.3, 0.4) is 0 Å². The molecule has 0 aromatic heterocycles. The van der Waals surface area contributed by atoms with Gasteiger partial charge in [-0.15, -0.1) is 12.4 Å². The normalized spacial score (nSPS) is 18.2. The number of amides is 2. The van der Waals surface area contributed by atoms with Crippen LogP contribution in [0.2, 0.25) is 0 Å². The fourth-order valence-corrected chi connectivity index (χ4v) is 3.96. The molecule has 0 unspecified atom stereocenters. The minimum Gasteiger partial charge on any atom is -0.351 e. The van der Waals surface area contributed by atoms with E-state index in [-0.39, 0.29) is 24.2 Å². The molecule has 1 aromatic rings. The van der Waals surface area contributed by atoms with Gasteiger partial charge in [0.05, 0.1) is 6.54 Å². The number of nitrogens with one attached hydrogen (secondary N) is 2. The van der Waals surface area contributed by atoms with Crippen LogP contribution in [0.15, 0.2) is 24.3 Å². The Bertz CT molecular complexity index is 630. The Kier molecular flexibility index (Phi) is 9.22. The molecule has 2 aliphatic heterocycles. The van der Waals surface area contributed by atoms with Gasteiger partial charge in [-0.25, -0.2) is 0 Å². The van der Waals surface area contributed by atoms with Crippen LogP contribution in [0.1, 0.15) is 37.7 Å². The van der Waals surface area contributed by atoms with Gasteiger partial charge in [0.25, 0.3) is 0 Å². The number of anilines is 1. The molecule has 2 fully saturated rings. The average molecular weight is 409 g/mol. The highest BCUT2D eigenvalue weighted by Crippen LogP contribution is 2.22. The average Bonchev–Trinajstić information content (AvgIpc) is 3.12. The van der Waals surface area contributed by atoms with Gasteiger partial charge in [-0.1, -0.05) is 12.1 Å². The Morgan fingerprint density at radius 1 is 1.14 bits per heavy atom. The summed E-state index contributed by atoms with van der Waals surface area (Å²) in [7, 11) is 2.00. The number of nitrogens with zero attached hydrogens (tertiary/aromatic N) is 2. The van der Waals surface area contributed by atoms with Gasteiger partial charge >= 0.3 is 0 Å². The van der Waals surface area contributed by atoms with Crippen molar-refractivity contribution in [3.8, 4) is 0 Å². The Labute approximate surface area is 174 Å². The van der Waals surface area contributed by atoms with Gasteiger partial charge in [0.1, 0.15) is 0 Å². The summed E-state index contributed by atoms with van der Waals surface area (Å²) in [6.07, 6.45) is 5.18. The number of benzene rings is 1. The van der Waals surface area contributed by atoms with Crippen molar-refractivity contribution in [1.29, 1.82) is 0 Å². The smallest absolute Gasteiger partial charge is 0.234 e. The van der Waals surface area contributed by atoms with E-state index in [0.717, 1.165) is 49.8 Å². The molecule has 2 amide bonds. The van der Waals surface area contributed by atoms with E-state index in [4.69, 9.17) is 0 Å². The van der Waals surface area contributed by atoms with E-state index in [1.54, 1.807) is 0 Å². The monoisotopic (exact) mass is 408 g/mol. The molecular weight excluding hydrogens is 376 g/mol. The summed E-state index contributed by atoms with van der Waals surface area (Å²) in [5.41, 5.74) is 2.01. The van der Waals surface area contributed by atoms with Crippen molar-refractivity contribution in [2.24, 2.45) is 5.92 Å². The van der Waals surface area contributed by atoms with Gasteiger partial charge in [-0.2, -0.15) is 0 Å². The van der Waals surface area contributed by atoms with Crippen molar-refractivity contribution in [3.63, 3.8) is 0 Å². The van der Waals surface area contributed by atoms with Gasteiger partial charge in [0.15, 0.2) is 0 Å². The van der Waals surface area contributed by atoms with Gasteiger partial charge in [-0.05, 0) is 76.0 Å². The molecule has 0 saturated carbocycles. The summed E-state index contributed by atoms with van der Waals surface area (Å²) < 4.78 is 0. The molecule has 0 spiro atoms. The molecule has 2 saturated heterocycles. The van der Waals surface area contributed by atoms with Crippen molar-refractivity contribution in [3.05, 3.63) is 29.8 Å². The third-order valence-corrected chi connectivity index (χ3v) is 5.69. The number of hydrogen-bond acceptors (Lipinski definition) is 4. The lowest BCUT2D eigenvalue weighted by Gasteiger charge is -2.31. The van der Waals surface area contributed by atoms with Crippen LogP contribution in [0.25, 0.3) is 0 Å². The van der Waals surface area contributed by atoms with Crippen molar-refractivity contribution >= 4 is 29.9 Å². The number of piperidine rings is 1. The van der Waals surface area contributed by atoms with E-state index < -0.39 is 0 Å². The maximum Gasteiger partial charge on any atom is 0.234 e. The first kappa shape index (κ1) is 22.7. The molecule has 3 rings (SSSR count). The lowest BCUT2D eigenvalue weighted by Crippen LogP contribution is -2.41. The summed E-state index contributed by atoms with van der Waals surface area (Å²) in [6, 6.07) is 7.93. The second-order valence-electron chi connectivity index (χ2n) is 7.70. The molecule has 0 aliphatic carbocycles. The van der Waals surface area contributed by atoms with Crippen molar-refractivity contribution in [2.45, 2.75) is 38.6 Å². The summed E-state index contributed by atoms with van der Waals surface area (Å²) >= 11 is 0. The maximum absolute atomic E-state index is 12.2. The standard InChI is InChI=1S/C21H32N4O2.ClH/c1-22-11-8-17-9-13-24(14-10-17)16-20(26)23-15-18-4-6-19(7-5-18)25-12-2-3-21(25)27;/h4-7,17,22H,2-3,8-16H2,1H3,(H,23,26);1H. The highest BCUT2D eigenvalue weighted by molar-refractivity contribution is 5.95. The van der Waals surface area contributed by atoms with E-state index in [1.807, 2.05) is 36.2 Å². The molecule has 2 aliphatic rings. The molecule has 6 nitrogen and oxygen atoms in total. The zero-order chi connectivity index (χ0) is 19.1. The summed E-state index contributed by atoms with van der Waals surface area (Å²) in [5, 5.41) is 6.23. The highest BCUT2D eigenvalue weighted by Gasteiger charge is 2.22. The van der Waals surface area contributed by atoms with Crippen molar-refractivity contribution in [2.75, 3.05) is 44.7 Å². The minimum atomic E-state index is 0. The summed E-state index contributed by atoms with van der Waals surface area (Å²) in [4.78, 5) is 28.1. The molecule has 28 heavy (non-hydrogen) atoms. The number of hydrogen-bond donors (Lipinski definition) is 2. The molecule has 1 aromatic carbocycles. The fourth-order valence-electron chi connectivity index (χ4n) is 3.96. The van der Waals surface area contributed by atoms with E-state index in [9.17, 15) is 9.59 Å². The predicted molar refractivity (Wildman–Crippen MR) is 115 cm³/mol. The second kappa shape index (κ2) is 11.4. The van der Waals surface area contributed by atoms with Crippen LogP contribution < -0.4 is 15.5 Å². The number of carbonyl (C=O) groups is 2. The first-order valence-corrected chi connectivity index (χ1v) is 10.2. The zero-order valence-electron chi connectivity index (χ0n) is 16.8. The van der Waals surface area contributed by atoms with E-state index in [0.29, 0.717) is 19.5 Å². The third kappa shape index (κ3) is 6.47.